The first-order chi connectivity index (χ1) is 30.4. The normalized spacial score (nSPS) is 12.2. The first-order valence-electron chi connectivity index (χ1n) is 20.8. The van der Waals surface area contributed by atoms with E-state index in [2.05, 4.69) is 108 Å². The number of para-hydroxylation sites is 4. The molecule has 0 bridgehead atoms. The highest BCUT2D eigenvalue weighted by Crippen LogP contribution is 2.51. The fourth-order valence-corrected chi connectivity index (χ4v) is 10.4. The van der Waals surface area contributed by atoms with Crippen molar-refractivity contribution in [3.8, 4) is 33.6 Å². The van der Waals surface area contributed by atoms with Gasteiger partial charge in [-0.25, -0.2) is 8.78 Å². The largest absolute Gasteiger partial charge is 0.454 e. The molecule has 0 saturated heterocycles. The summed E-state index contributed by atoms with van der Waals surface area (Å²) in [5.74, 6) is -0.649. The van der Waals surface area contributed by atoms with Crippen molar-refractivity contribution in [3.05, 3.63) is 193 Å². The predicted molar refractivity (Wildman–Crippen MR) is 250 cm³/mol. The van der Waals surface area contributed by atoms with Crippen LogP contribution in [0, 0.1) is 25.5 Å². The van der Waals surface area contributed by atoms with Crippen LogP contribution in [0.1, 0.15) is 11.1 Å². The zero-order chi connectivity index (χ0) is 41.4. The molecular weight excluding hydrogens is 771 g/mol. The molecule has 0 aliphatic rings. The van der Waals surface area contributed by atoms with Crippen LogP contribution < -0.4 is 0 Å². The molecule has 13 aromatic rings. The van der Waals surface area contributed by atoms with Gasteiger partial charge in [-0.2, -0.15) is 0 Å². The number of fused-ring (bicyclic) bond motifs is 14. The smallest absolute Gasteiger partial charge is 0.160 e. The molecule has 9 aromatic carbocycles. The third-order valence-electron chi connectivity index (χ3n) is 13.0. The number of benzene rings is 9. The SMILES string of the molecule is Cc1c(-c2ccc(F)cc2)c(-n2c3ccccc3c3ccc4c5ccccc5oc4c32)c(-c2ccc(F)cc2)c(C)c1-n1c2ccccc2c2ccc3c4ccccc4oc3c21. The van der Waals surface area contributed by atoms with Gasteiger partial charge in [-0.1, -0.05) is 109 Å². The molecule has 62 heavy (non-hydrogen) atoms. The molecule has 0 unspecified atom stereocenters. The van der Waals surface area contributed by atoms with Crippen molar-refractivity contribution in [2.75, 3.05) is 0 Å². The molecule has 0 aliphatic carbocycles. The molecule has 4 heterocycles. The fraction of sp³-hybridized carbons (Fsp3) is 0.0357. The van der Waals surface area contributed by atoms with Gasteiger partial charge < -0.3 is 18.0 Å². The number of aromatic nitrogens is 2. The van der Waals surface area contributed by atoms with Crippen LogP contribution in [0.15, 0.2) is 179 Å². The Balaban J connectivity index is 1.29. The van der Waals surface area contributed by atoms with Crippen LogP contribution >= 0.6 is 0 Å². The van der Waals surface area contributed by atoms with Crippen LogP contribution in [-0.2, 0) is 0 Å². The molecule has 4 nitrogen and oxygen atoms in total. The quantitative estimate of drug-likeness (QED) is 0.178. The second-order valence-electron chi connectivity index (χ2n) is 16.3. The molecule has 0 spiro atoms. The second-order valence-corrected chi connectivity index (χ2v) is 16.3. The molecule has 0 amide bonds. The summed E-state index contributed by atoms with van der Waals surface area (Å²) in [5, 5.41) is 8.38. The van der Waals surface area contributed by atoms with E-state index in [1.165, 1.54) is 24.3 Å². The third-order valence-corrected chi connectivity index (χ3v) is 13.0. The van der Waals surface area contributed by atoms with Gasteiger partial charge in [0.15, 0.2) is 11.2 Å². The Hall–Kier alpha value is -7.96. The minimum absolute atomic E-state index is 0.324. The summed E-state index contributed by atoms with van der Waals surface area (Å²) in [5.41, 5.74) is 14.3. The van der Waals surface area contributed by atoms with Crippen molar-refractivity contribution in [2.45, 2.75) is 13.8 Å². The maximum atomic E-state index is 15.0. The maximum absolute atomic E-state index is 15.0. The van der Waals surface area contributed by atoms with E-state index in [0.29, 0.717) is 0 Å². The number of halogens is 2. The Kier molecular flexibility index (Phi) is 7.18. The van der Waals surface area contributed by atoms with Crippen LogP contribution in [0.3, 0.4) is 0 Å². The van der Waals surface area contributed by atoms with Gasteiger partial charge in [0.25, 0.3) is 0 Å². The molecule has 294 valence electrons. The van der Waals surface area contributed by atoms with Gasteiger partial charge in [0.05, 0.1) is 33.4 Å². The maximum Gasteiger partial charge on any atom is 0.160 e. The Morgan fingerprint density at radius 1 is 0.355 bits per heavy atom. The minimum atomic E-state index is -0.324. The van der Waals surface area contributed by atoms with E-state index in [-0.39, 0.29) is 11.6 Å². The van der Waals surface area contributed by atoms with Crippen LogP contribution in [0.5, 0.6) is 0 Å². The lowest BCUT2D eigenvalue weighted by atomic mass is 9.86. The molecule has 0 N–H and O–H groups in total. The van der Waals surface area contributed by atoms with Crippen LogP contribution in [0.4, 0.5) is 8.78 Å². The highest BCUT2D eigenvalue weighted by Gasteiger charge is 2.30. The number of furan rings is 2. The highest BCUT2D eigenvalue weighted by molar-refractivity contribution is 6.24. The van der Waals surface area contributed by atoms with Gasteiger partial charge in [-0.05, 0) is 96.8 Å². The van der Waals surface area contributed by atoms with E-state index in [4.69, 9.17) is 8.83 Å². The fourth-order valence-electron chi connectivity index (χ4n) is 10.4. The molecular formula is C56H34F2N2O2. The van der Waals surface area contributed by atoms with Crippen LogP contribution in [-0.4, -0.2) is 9.13 Å². The van der Waals surface area contributed by atoms with Crippen molar-refractivity contribution in [2.24, 2.45) is 0 Å². The average Bonchev–Trinajstić information content (AvgIpc) is 4.05. The second kappa shape index (κ2) is 12.8. The first-order valence-corrected chi connectivity index (χ1v) is 20.8. The van der Waals surface area contributed by atoms with Gasteiger partial charge >= 0.3 is 0 Å². The van der Waals surface area contributed by atoms with Crippen molar-refractivity contribution in [1.29, 1.82) is 0 Å². The predicted octanol–water partition coefficient (Wildman–Crippen LogP) is 15.9. The highest BCUT2D eigenvalue weighted by atomic mass is 19.1. The van der Waals surface area contributed by atoms with Crippen LogP contribution in [0.2, 0.25) is 0 Å². The van der Waals surface area contributed by atoms with E-state index in [1.807, 2.05) is 60.7 Å². The Labute approximate surface area is 353 Å². The Bertz CT molecular complexity index is 3940. The minimum Gasteiger partial charge on any atom is -0.454 e. The summed E-state index contributed by atoms with van der Waals surface area (Å²) in [6, 6.07) is 55.5. The van der Waals surface area contributed by atoms with Crippen molar-refractivity contribution in [1.82, 2.24) is 9.13 Å². The summed E-state index contributed by atoms with van der Waals surface area (Å²) in [6.07, 6.45) is 0. The number of hydrogen-bond donors (Lipinski definition) is 0. The zero-order valence-corrected chi connectivity index (χ0v) is 33.6. The summed E-state index contributed by atoms with van der Waals surface area (Å²) in [7, 11) is 0. The number of hydrogen-bond acceptors (Lipinski definition) is 2. The monoisotopic (exact) mass is 804 g/mol. The van der Waals surface area contributed by atoms with Crippen molar-refractivity contribution in [3.63, 3.8) is 0 Å². The lowest BCUT2D eigenvalue weighted by Crippen LogP contribution is -2.10. The number of nitrogens with zero attached hydrogens (tertiary/aromatic N) is 2. The van der Waals surface area contributed by atoms with Gasteiger partial charge in [0.1, 0.15) is 22.8 Å². The standard InChI is InChI=1S/C56H34F2N2O2/c1-31-49(33-19-23-35(57)24-20-33)54(60-46-16-8-4-12-38(46)42-28-30-44-40-14-6-10-18-48(40)62-56(44)53(42)60)50(34-21-25-36(58)26-22-34)32(2)51(31)59-45-15-7-3-11-37(45)41-27-29-43-39-13-5-9-17-47(39)61-55(43)52(41)59/h3-30H,1-2H3. The van der Waals surface area contributed by atoms with Gasteiger partial charge in [0, 0.05) is 54.2 Å². The van der Waals surface area contributed by atoms with E-state index >= 15 is 8.78 Å². The van der Waals surface area contributed by atoms with Crippen molar-refractivity contribution >= 4 is 87.5 Å². The molecule has 13 rings (SSSR count). The van der Waals surface area contributed by atoms with Gasteiger partial charge in [-0.15, -0.1) is 0 Å². The molecule has 0 radical (unpaired) electrons. The lowest BCUT2D eigenvalue weighted by Gasteiger charge is -2.27. The third kappa shape index (κ3) is 4.69. The molecule has 0 fully saturated rings. The lowest BCUT2D eigenvalue weighted by molar-refractivity contribution is 0.627. The van der Waals surface area contributed by atoms with Crippen molar-refractivity contribution < 1.29 is 17.6 Å². The topological polar surface area (TPSA) is 36.1 Å². The van der Waals surface area contributed by atoms with E-state index in [1.54, 1.807) is 0 Å². The molecule has 4 aromatic heterocycles. The first kappa shape index (κ1) is 34.9. The van der Waals surface area contributed by atoms with E-state index < -0.39 is 0 Å². The Morgan fingerprint density at radius 3 is 1.18 bits per heavy atom. The Morgan fingerprint density at radius 2 is 0.726 bits per heavy atom. The van der Waals surface area contributed by atoms with E-state index in [0.717, 1.165) is 132 Å². The zero-order valence-electron chi connectivity index (χ0n) is 33.6. The van der Waals surface area contributed by atoms with Gasteiger partial charge in [0.2, 0.25) is 0 Å². The number of rotatable bonds is 4. The molecule has 0 aliphatic heterocycles. The summed E-state index contributed by atoms with van der Waals surface area (Å²) >= 11 is 0. The van der Waals surface area contributed by atoms with Crippen LogP contribution in [0.25, 0.3) is 121 Å². The molecule has 6 heteroatoms. The van der Waals surface area contributed by atoms with Gasteiger partial charge in [-0.3, -0.25) is 0 Å². The van der Waals surface area contributed by atoms with E-state index in [9.17, 15) is 0 Å². The molecule has 0 saturated carbocycles. The summed E-state index contributed by atoms with van der Waals surface area (Å²) < 4.78 is 48.4. The molecule has 0 atom stereocenters. The average molecular weight is 805 g/mol. The summed E-state index contributed by atoms with van der Waals surface area (Å²) in [4.78, 5) is 0. The summed E-state index contributed by atoms with van der Waals surface area (Å²) in [6.45, 7) is 4.34.